The van der Waals surface area contributed by atoms with Gasteiger partial charge >= 0.3 is 0 Å². The number of benzene rings is 1. The molecular weight excluding hydrogens is 200 g/mol. The van der Waals surface area contributed by atoms with E-state index in [4.69, 9.17) is 5.14 Å². The first-order valence-corrected chi connectivity index (χ1v) is 5.99. The van der Waals surface area contributed by atoms with E-state index in [1.165, 1.54) is 5.56 Å². The Balaban J connectivity index is 2.27. The van der Waals surface area contributed by atoms with E-state index in [9.17, 15) is 8.42 Å². The number of rotatable bonds is 2. The van der Waals surface area contributed by atoms with Crippen LogP contribution in [0.15, 0.2) is 24.3 Å². The lowest BCUT2D eigenvalue weighted by Gasteiger charge is -2.11. The van der Waals surface area contributed by atoms with E-state index >= 15 is 0 Å². The van der Waals surface area contributed by atoms with Gasteiger partial charge in [0.2, 0.25) is 0 Å². The third-order valence-corrected chi connectivity index (χ3v) is 3.05. The van der Waals surface area contributed by atoms with Crippen molar-refractivity contribution in [3.8, 4) is 0 Å². The summed E-state index contributed by atoms with van der Waals surface area (Å²) in [6, 6.07) is 7.66. The molecular formula is C9H12N2O2S. The van der Waals surface area contributed by atoms with Crippen LogP contribution in [0, 0.1) is 0 Å². The maximum absolute atomic E-state index is 10.9. The quantitative estimate of drug-likeness (QED) is 0.747. The van der Waals surface area contributed by atoms with Gasteiger partial charge in [0, 0.05) is 6.04 Å². The summed E-state index contributed by atoms with van der Waals surface area (Å²) in [5, 5.41) is 4.93. The van der Waals surface area contributed by atoms with E-state index in [2.05, 4.69) is 4.72 Å². The fourth-order valence-electron chi connectivity index (χ4n) is 1.88. The van der Waals surface area contributed by atoms with Crippen LogP contribution in [0.3, 0.4) is 0 Å². The summed E-state index contributed by atoms with van der Waals surface area (Å²) in [7, 11) is -3.60. The molecule has 3 N–H and O–H groups in total. The Labute approximate surface area is 83.3 Å². The van der Waals surface area contributed by atoms with Crippen molar-refractivity contribution >= 4 is 10.2 Å². The van der Waals surface area contributed by atoms with Crippen LogP contribution < -0.4 is 9.86 Å². The van der Waals surface area contributed by atoms with Crippen LogP contribution in [0.5, 0.6) is 0 Å². The highest BCUT2D eigenvalue weighted by Gasteiger charge is 2.24. The number of aryl methyl sites for hydroxylation is 1. The van der Waals surface area contributed by atoms with Crippen LogP contribution in [0.4, 0.5) is 0 Å². The Kier molecular flexibility index (Phi) is 2.30. The maximum atomic E-state index is 10.9. The second kappa shape index (κ2) is 3.34. The molecule has 1 atom stereocenters. The third-order valence-electron chi connectivity index (χ3n) is 2.44. The first-order valence-electron chi connectivity index (χ1n) is 4.44. The van der Waals surface area contributed by atoms with Gasteiger partial charge in [0.1, 0.15) is 0 Å². The first kappa shape index (κ1) is 9.64. The monoisotopic (exact) mass is 212 g/mol. The predicted molar refractivity (Wildman–Crippen MR) is 53.7 cm³/mol. The SMILES string of the molecule is NS(=O)(=O)N[C@@H]1CCc2ccccc21. The van der Waals surface area contributed by atoms with Crippen molar-refractivity contribution in [3.63, 3.8) is 0 Å². The molecule has 0 fully saturated rings. The van der Waals surface area contributed by atoms with Crippen molar-refractivity contribution in [1.29, 1.82) is 0 Å². The molecule has 0 amide bonds. The molecule has 0 bridgehead atoms. The average molecular weight is 212 g/mol. The van der Waals surface area contributed by atoms with E-state index in [0.717, 1.165) is 18.4 Å². The van der Waals surface area contributed by atoms with Gasteiger partial charge in [0.05, 0.1) is 0 Å². The Hall–Kier alpha value is -0.910. The molecule has 0 aromatic heterocycles. The maximum Gasteiger partial charge on any atom is 0.274 e. The van der Waals surface area contributed by atoms with E-state index in [1.807, 2.05) is 24.3 Å². The smallest absolute Gasteiger partial charge is 0.216 e. The average Bonchev–Trinajstić information content (AvgIpc) is 2.47. The number of nitrogens with one attached hydrogen (secondary N) is 1. The molecule has 5 heteroatoms. The minimum atomic E-state index is -3.60. The molecule has 0 unspecified atom stereocenters. The topological polar surface area (TPSA) is 72.2 Å². The van der Waals surface area contributed by atoms with Crippen molar-refractivity contribution < 1.29 is 8.42 Å². The zero-order chi connectivity index (χ0) is 10.2. The largest absolute Gasteiger partial charge is 0.274 e. The zero-order valence-corrected chi connectivity index (χ0v) is 8.42. The highest BCUT2D eigenvalue weighted by atomic mass is 32.2. The second-order valence-corrected chi connectivity index (χ2v) is 4.78. The Bertz CT molecular complexity index is 442. The van der Waals surface area contributed by atoms with Crippen molar-refractivity contribution in [3.05, 3.63) is 35.4 Å². The standard InChI is InChI=1S/C9H12N2O2S/c10-14(12,13)11-9-6-5-7-3-1-2-4-8(7)9/h1-4,9,11H,5-6H2,(H2,10,12,13)/t9-/m1/s1. The molecule has 0 saturated heterocycles. The van der Waals surface area contributed by atoms with Gasteiger partial charge in [-0.2, -0.15) is 13.1 Å². The highest BCUT2D eigenvalue weighted by molar-refractivity contribution is 7.87. The number of hydrogen-bond acceptors (Lipinski definition) is 2. The number of nitrogens with two attached hydrogens (primary N) is 1. The van der Waals surface area contributed by atoms with Crippen molar-refractivity contribution in [2.75, 3.05) is 0 Å². The van der Waals surface area contributed by atoms with Crippen LogP contribution in [0.2, 0.25) is 0 Å². The molecule has 1 aliphatic rings. The number of fused-ring (bicyclic) bond motifs is 1. The molecule has 1 aliphatic carbocycles. The summed E-state index contributed by atoms with van der Waals surface area (Å²) >= 11 is 0. The second-order valence-electron chi connectivity index (χ2n) is 3.45. The molecule has 2 rings (SSSR count). The molecule has 0 heterocycles. The lowest BCUT2D eigenvalue weighted by Crippen LogP contribution is -2.33. The van der Waals surface area contributed by atoms with Gasteiger partial charge in [-0.1, -0.05) is 24.3 Å². The van der Waals surface area contributed by atoms with Gasteiger partial charge < -0.3 is 0 Å². The summed E-state index contributed by atoms with van der Waals surface area (Å²) < 4.78 is 24.2. The fraction of sp³-hybridized carbons (Fsp3) is 0.333. The lowest BCUT2D eigenvalue weighted by molar-refractivity contribution is 0.556. The molecule has 76 valence electrons. The molecule has 4 nitrogen and oxygen atoms in total. The van der Waals surface area contributed by atoms with Gasteiger partial charge in [0.15, 0.2) is 0 Å². The summed E-state index contributed by atoms with van der Waals surface area (Å²) in [6.07, 6.45) is 1.69. The van der Waals surface area contributed by atoms with Gasteiger partial charge in [0.25, 0.3) is 10.2 Å². The Morgan fingerprint density at radius 1 is 1.36 bits per heavy atom. The summed E-state index contributed by atoms with van der Waals surface area (Å²) in [5.41, 5.74) is 2.25. The third kappa shape index (κ3) is 1.95. The summed E-state index contributed by atoms with van der Waals surface area (Å²) in [4.78, 5) is 0. The fourth-order valence-corrected chi connectivity index (χ4v) is 2.52. The zero-order valence-electron chi connectivity index (χ0n) is 7.60. The van der Waals surface area contributed by atoms with Crippen LogP contribution in [0.1, 0.15) is 23.6 Å². The van der Waals surface area contributed by atoms with E-state index in [0.29, 0.717) is 0 Å². The van der Waals surface area contributed by atoms with Gasteiger partial charge in [-0.15, -0.1) is 0 Å². The molecule has 0 saturated carbocycles. The van der Waals surface area contributed by atoms with Crippen molar-refractivity contribution in [2.24, 2.45) is 5.14 Å². The molecule has 1 aromatic rings. The Morgan fingerprint density at radius 2 is 2.07 bits per heavy atom. The minimum Gasteiger partial charge on any atom is -0.216 e. The normalized spacial score (nSPS) is 20.8. The minimum absolute atomic E-state index is 0.152. The predicted octanol–water partition coefficient (Wildman–Crippen LogP) is 0.467. The molecule has 0 radical (unpaired) electrons. The van der Waals surface area contributed by atoms with Crippen LogP contribution in [-0.2, 0) is 16.6 Å². The first-order chi connectivity index (χ1) is 6.56. The molecule has 0 aliphatic heterocycles. The van der Waals surface area contributed by atoms with E-state index in [1.54, 1.807) is 0 Å². The van der Waals surface area contributed by atoms with Crippen LogP contribution in [0.25, 0.3) is 0 Å². The molecule has 0 spiro atoms. The van der Waals surface area contributed by atoms with Crippen molar-refractivity contribution in [1.82, 2.24) is 4.72 Å². The van der Waals surface area contributed by atoms with Crippen LogP contribution in [-0.4, -0.2) is 8.42 Å². The summed E-state index contributed by atoms with van der Waals surface area (Å²) in [5.74, 6) is 0. The Morgan fingerprint density at radius 3 is 2.79 bits per heavy atom. The molecule has 1 aromatic carbocycles. The summed E-state index contributed by atoms with van der Waals surface area (Å²) in [6.45, 7) is 0. The van der Waals surface area contributed by atoms with Crippen LogP contribution >= 0.6 is 0 Å². The van der Waals surface area contributed by atoms with Gasteiger partial charge in [-0.05, 0) is 24.0 Å². The van der Waals surface area contributed by atoms with Gasteiger partial charge in [-0.25, -0.2) is 5.14 Å². The highest BCUT2D eigenvalue weighted by Crippen LogP contribution is 2.30. The van der Waals surface area contributed by atoms with E-state index < -0.39 is 10.2 Å². The number of hydrogen-bond donors (Lipinski definition) is 2. The molecule has 14 heavy (non-hydrogen) atoms. The lowest BCUT2D eigenvalue weighted by atomic mass is 10.1. The van der Waals surface area contributed by atoms with E-state index in [-0.39, 0.29) is 6.04 Å². The van der Waals surface area contributed by atoms with Gasteiger partial charge in [-0.3, -0.25) is 0 Å². The van der Waals surface area contributed by atoms with Crippen molar-refractivity contribution in [2.45, 2.75) is 18.9 Å².